The lowest BCUT2D eigenvalue weighted by Crippen LogP contribution is -2.49. The van der Waals surface area contributed by atoms with Crippen LogP contribution in [0.15, 0.2) is 0 Å². The lowest BCUT2D eigenvalue weighted by molar-refractivity contribution is 0.102. The van der Waals surface area contributed by atoms with Gasteiger partial charge in [-0.15, -0.1) is 0 Å². The van der Waals surface area contributed by atoms with Gasteiger partial charge < -0.3 is 10.2 Å². The molecule has 0 aromatic heterocycles. The summed E-state index contributed by atoms with van der Waals surface area (Å²) in [6.45, 7) is 13.5. The minimum Gasteiger partial charge on any atom is -0.317 e. The van der Waals surface area contributed by atoms with Crippen LogP contribution in [0.4, 0.5) is 0 Å². The van der Waals surface area contributed by atoms with E-state index in [1.807, 2.05) is 0 Å². The molecule has 2 nitrogen and oxygen atoms in total. The van der Waals surface area contributed by atoms with Gasteiger partial charge in [0, 0.05) is 36.2 Å². The zero-order chi connectivity index (χ0) is 14.0. The van der Waals surface area contributed by atoms with Gasteiger partial charge in [0.15, 0.2) is 0 Å². The first kappa shape index (κ1) is 15.7. The fourth-order valence-corrected chi connectivity index (χ4v) is 5.46. The molecular weight excluding hydrogens is 252 g/mol. The first-order valence-corrected chi connectivity index (χ1v) is 8.89. The molecule has 1 heterocycles. The van der Waals surface area contributed by atoms with Crippen LogP contribution in [0.1, 0.15) is 47.0 Å². The second kappa shape index (κ2) is 6.36. The highest BCUT2D eigenvalue weighted by Crippen LogP contribution is 2.39. The Balaban J connectivity index is 1.94. The van der Waals surface area contributed by atoms with Crippen molar-refractivity contribution < 1.29 is 0 Å². The number of rotatable bonds is 3. The van der Waals surface area contributed by atoms with E-state index in [4.69, 9.17) is 0 Å². The van der Waals surface area contributed by atoms with E-state index in [0.717, 1.165) is 22.5 Å². The van der Waals surface area contributed by atoms with Crippen molar-refractivity contribution in [1.82, 2.24) is 10.2 Å². The molecule has 1 saturated carbocycles. The number of nitrogens with zero attached hydrogens (tertiary/aromatic N) is 1. The van der Waals surface area contributed by atoms with Crippen molar-refractivity contribution in [3.8, 4) is 0 Å². The van der Waals surface area contributed by atoms with Crippen LogP contribution in [-0.4, -0.2) is 48.1 Å². The molecule has 0 amide bonds. The molecule has 4 unspecified atom stereocenters. The van der Waals surface area contributed by atoms with Gasteiger partial charge in [-0.05, 0) is 37.6 Å². The molecule has 4 atom stereocenters. The van der Waals surface area contributed by atoms with Crippen molar-refractivity contribution in [2.24, 2.45) is 11.3 Å². The Morgan fingerprint density at radius 2 is 1.84 bits per heavy atom. The smallest absolute Gasteiger partial charge is 0.0149 e. The molecule has 1 saturated heterocycles. The second-order valence-corrected chi connectivity index (χ2v) is 9.42. The molecule has 3 heteroatoms. The summed E-state index contributed by atoms with van der Waals surface area (Å²) < 4.78 is 0. The highest BCUT2D eigenvalue weighted by atomic mass is 32.2. The van der Waals surface area contributed by atoms with Crippen molar-refractivity contribution in [2.45, 2.75) is 63.5 Å². The van der Waals surface area contributed by atoms with Crippen molar-refractivity contribution in [3.63, 3.8) is 0 Å². The van der Waals surface area contributed by atoms with E-state index in [2.05, 4.69) is 56.7 Å². The second-order valence-electron chi connectivity index (χ2n) is 7.54. The summed E-state index contributed by atoms with van der Waals surface area (Å²) in [4.78, 5) is 2.72. The van der Waals surface area contributed by atoms with Gasteiger partial charge in [0.25, 0.3) is 0 Å². The van der Waals surface area contributed by atoms with Crippen molar-refractivity contribution in [2.75, 3.05) is 26.7 Å². The third kappa shape index (κ3) is 4.37. The number of hydrogen-bond acceptors (Lipinski definition) is 3. The summed E-state index contributed by atoms with van der Waals surface area (Å²) in [5, 5.41) is 5.17. The van der Waals surface area contributed by atoms with Crippen LogP contribution in [-0.2, 0) is 0 Å². The van der Waals surface area contributed by atoms with Crippen LogP contribution in [0.25, 0.3) is 0 Å². The molecular formula is C16H32N2S. The molecule has 2 aliphatic rings. The molecule has 1 N–H and O–H groups in total. The van der Waals surface area contributed by atoms with E-state index < -0.39 is 0 Å². The van der Waals surface area contributed by atoms with E-state index in [9.17, 15) is 0 Å². The molecule has 0 radical (unpaired) electrons. The van der Waals surface area contributed by atoms with Gasteiger partial charge in [0.1, 0.15) is 0 Å². The zero-order valence-corrected chi connectivity index (χ0v) is 14.2. The Kier molecular flexibility index (Phi) is 5.24. The molecule has 0 bridgehead atoms. The van der Waals surface area contributed by atoms with Crippen LogP contribution in [0.5, 0.6) is 0 Å². The van der Waals surface area contributed by atoms with Crippen molar-refractivity contribution in [3.05, 3.63) is 0 Å². The summed E-state index contributed by atoms with van der Waals surface area (Å²) in [7, 11) is 2.15. The largest absolute Gasteiger partial charge is 0.317 e. The Labute approximate surface area is 124 Å². The quantitative estimate of drug-likeness (QED) is 0.856. The zero-order valence-electron chi connectivity index (χ0n) is 13.4. The maximum Gasteiger partial charge on any atom is 0.0149 e. The maximum absolute atomic E-state index is 3.57. The highest BCUT2D eigenvalue weighted by Gasteiger charge is 2.36. The fraction of sp³-hybridized carbons (Fsp3) is 1.00. The summed E-state index contributed by atoms with van der Waals surface area (Å²) in [6.07, 6.45) is 4.10. The van der Waals surface area contributed by atoms with Gasteiger partial charge in [-0.3, -0.25) is 0 Å². The van der Waals surface area contributed by atoms with Gasteiger partial charge in [-0.2, -0.15) is 11.8 Å². The third-order valence-corrected chi connectivity index (χ3v) is 6.10. The van der Waals surface area contributed by atoms with Gasteiger partial charge >= 0.3 is 0 Å². The van der Waals surface area contributed by atoms with Crippen LogP contribution in [0.3, 0.4) is 0 Å². The van der Waals surface area contributed by atoms with Crippen LogP contribution in [0, 0.1) is 11.3 Å². The Morgan fingerprint density at radius 1 is 1.21 bits per heavy atom. The van der Waals surface area contributed by atoms with Crippen LogP contribution in [0.2, 0.25) is 0 Å². The van der Waals surface area contributed by atoms with E-state index in [1.54, 1.807) is 0 Å². The minimum absolute atomic E-state index is 0.541. The Morgan fingerprint density at radius 3 is 2.42 bits per heavy atom. The summed E-state index contributed by atoms with van der Waals surface area (Å²) >= 11 is 2.16. The van der Waals surface area contributed by atoms with E-state index in [1.165, 1.54) is 38.9 Å². The van der Waals surface area contributed by atoms with Crippen LogP contribution < -0.4 is 5.32 Å². The number of hydrogen-bond donors (Lipinski definition) is 1. The topological polar surface area (TPSA) is 15.3 Å². The fourth-order valence-electron chi connectivity index (χ4n) is 4.07. The van der Waals surface area contributed by atoms with E-state index in [0.29, 0.717) is 5.41 Å². The Hall–Kier alpha value is 0.270. The predicted molar refractivity (Wildman–Crippen MR) is 86.9 cm³/mol. The predicted octanol–water partition coefficient (Wildman–Crippen LogP) is 3.23. The SMILES string of the molecule is CNC1CCC(C)(C)CC1CN1CC(C)SC(C)C1. The molecule has 1 aliphatic heterocycles. The standard InChI is InChI=1S/C16H32N2S/c1-12-9-18(10-13(2)19-12)11-14-8-16(3,4)7-6-15(14)17-5/h12-15,17H,6-11H2,1-5H3. The van der Waals surface area contributed by atoms with Gasteiger partial charge in [0.05, 0.1) is 0 Å². The molecule has 112 valence electrons. The van der Waals surface area contributed by atoms with Gasteiger partial charge in [0.2, 0.25) is 0 Å². The molecule has 0 spiro atoms. The lowest BCUT2D eigenvalue weighted by Gasteiger charge is -2.44. The molecule has 0 aromatic carbocycles. The summed E-state index contributed by atoms with van der Waals surface area (Å²) in [5.74, 6) is 0.830. The number of thioether (sulfide) groups is 1. The Bertz CT molecular complexity index is 282. The average Bonchev–Trinajstić information content (AvgIpc) is 2.26. The minimum atomic E-state index is 0.541. The normalized spacial score (nSPS) is 40.3. The average molecular weight is 285 g/mol. The molecule has 19 heavy (non-hydrogen) atoms. The lowest BCUT2D eigenvalue weighted by atomic mass is 9.69. The van der Waals surface area contributed by atoms with Crippen molar-refractivity contribution in [1.29, 1.82) is 0 Å². The summed E-state index contributed by atoms with van der Waals surface area (Å²) in [5.41, 5.74) is 0.541. The van der Waals surface area contributed by atoms with E-state index >= 15 is 0 Å². The molecule has 2 fully saturated rings. The first-order valence-electron chi connectivity index (χ1n) is 7.95. The van der Waals surface area contributed by atoms with Crippen LogP contribution >= 0.6 is 11.8 Å². The first-order chi connectivity index (χ1) is 8.89. The maximum atomic E-state index is 3.57. The monoisotopic (exact) mass is 284 g/mol. The molecule has 2 rings (SSSR count). The van der Waals surface area contributed by atoms with Crippen molar-refractivity contribution >= 4 is 11.8 Å². The molecule has 1 aliphatic carbocycles. The summed E-state index contributed by atoms with van der Waals surface area (Å²) in [6, 6.07) is 0.730. The van der Waals surface area contributed by atoms with Gasteiger partial charge in [-0.1, -0.05) is 27.7 Å². The van der Waals surface area contributed by atoms with E-state index in [-0.39, 0.29) is 0 Å². The molecule has 0 aromatic rings. The number of nitrogens with one attached hydrogen (secondary N) is 1. The highest BCUT2D eigenvalue weighted by molar-refractivity contribution is 8.00. The third-order valence-electron chi connectivity index (χ3n) is 4.87. The van der Waals surface area contributed by atoms with Gasteiger partial charge in [-0.25, -0.2) is 0 Å².